The summed E-state index contributed by atoms with van der Waals surface area (Å²) in [6.07, 6.45) is 1.11. The van der Waals surface area contributed by atoms with Crippen LogP contribution in [0, 0.1) is 0 Å². The zero-order chi connectivity index (χ0) is 15.1. The van der Waals surface area contributed by atoms with E-state index in [0.717, 1.165) is 24.5 Å². The number of nitrogens with two attached hydrogens (primary N) is 1. The Morgan fingerprint density at radius 1 is 1.15 bits per heavy atom. The summed E-state index contributed by atoms with van der Waals surface area (Å²) in [4.78, 5) is 2.43. The van der Waals surface area contributed by atoms with Crippen molar-refractivity contribution in [2.75, 3.05) is 27.3 Å². The van der Waals surface area contributed by atoms with E-state index in [0.29, 0.717) is 12.6 Å². The minimum atomic E-state index is 0.203. The van der Waals surface area contributed by atoms with Gasteiger partial charge in [0.1, 0.15) is 0 Å². The summed E-state index contributed by atoms with van der Waals surface area (Å²) in [7, 11) is 3.31. The number of hydrogen-bond donors (Lipinski definition) is 1. The van der Waals surface area contributed by atoms with Crippen molar-refractivity contribution in [1.29, 1.82) is 0 Å². The number of ether oxygens (including phenoxy) is 2. The highest BCUT2D eigenvalue weighted by Crippen LogP contribution is 2.32. The Morgan fingerprint density at radius 2 is 1.80 bits per heavy atom. The third kappa shape index (κ3) is 3.87. The van der Waals surface area contributed by atoms with Crippen LogP contribution in [0.15, 0.2) is 18.2 Å². The Balaban J connectivity index is 3.10. The Hall–Kier alpha value is -1.26. The van der Waals surface area contributed by atoms with E-state index >= 15 is 0 Å². The minimum Gasteiger partial charge on any atom is -0.493 e. The molecular formula is C16H28N2O2. The maximum absolute atomic E-state index is 6.02. The zero-order valence-corrected chi connectivity index (χ0v) is 13.3. The average Bonchev–Trinajstić information content (AvgIpc) is 2.46. The number of methoxy groups -OCH3 is 2. The van der Waals surface area contributed by atoms with E-state index in [1.165, 1.54) is 5.56 Å². The van der Waals surface area contributed by atoms with E-state index in [4.69, 9.17) is 15.2 Å². The molecule has 1 aromatic rings. The van der Waals surface area contributed by atoms with E-state index in [1.54, 1.807) is 14.2 Å². The van der Waals surface area contributed by atoms with Crippen molar-refractivity contribution in [3.63, 3.8) is 0 Å². The molecule has 1 rings (SSSR count). The quantitative estimate of drug-likeness (QED) is 0.795. The first kappa shape index (κ1) is 16.8. The SMILES string of the molecule is CCCN(C(C)C)C(CN)c1ccc(OC)c(OC)c1. The number of rotatable bonds is 8. The maximum Gasteiger partial charge on any atom is 0.161 e. The molecule has 0 aliphatic rings. The lowest BCUT2D eigenvalue weighted by Gasteiger charge is -2.34. The van der Waals surface area contributed by atoms with E-state index in [9.17, 15) is 0 Å². The van der Waals surface area contributed by atoms with Crippen molar-refractivity contribution < 1.29 is 9.47 Å². The fourth-order valence-corrected chi connectivity index (χ4v) is 2.56. The van der Waals surface area contributed by atoms with Gasteiger partial charge >= 0.3 is 0 Å². The van der Waals surface area contributed by atoms with Crippen molar-refractivity contribution in [2.24, 2.45) is 5.73 Å². The Morgan fingerprint density at radius 3 is 2.25 bits per heavy atom. The van der Waals surface area contributed by atoms with Gasteiger partial charge in [-0.15, -0.1) is 0 Å². The first-order chi connectivity index (χ1) is 9.58. The molecule has 1 unspecified atom stereocenters. The standard InChI is InChI=1S/C16H28N2O2/c1-6-9-18(12(2)3)14(11-17)13-7-8-15(19-4)16(10-13)20-5/h7-8,10,12,14H,6,9,11,17H2,1-5H3. The summed E-state index contributed by atoms with van der Waals surface area (Å²) in [5, 5.41) is 0. The molecule has 2 N–H and O–H groups in total. The van der Waals surface area contributed by atoms with E-state index in [1.807, 2.05) is 12.1 Å². The second-order valence-corrected chi connectivity index (χ2v) is 5.20. The van der Waals surface area contributed by atoms with Gasteiger partial charge < -0.3 is 15.2 Å². The summed E-state index contributed by atoms with van der Waals surface area (Å²) < 4.78 is 10.7. The van der Waals surface area contributed by atoms with Gasteiger partial charge in [0.15, 0.2) is 11.5 Å². The van der Waals surface area contributed by atoms with E-state index in [-0.39, 0.29) is 6.04 Å². The fourth-order valence-electron chi connectivity index (χ4n) is 2.56. The third-order valence-electron chi connectivity index (χ3n) is 3.56. The lowest BCUT2D eigenvalue weighted by Crippen LogP contribution is -2.39. The first-order valence-corrected chi connectivity index (χ1v) is 7.26. The molecule has 1 aromatic carbocycles. The largest absolute Gasteiger partial charge is 0.493 e. The minimum absolute atomic E-state index is 0.203. The predicted molar refractivity (Wildman–Crippen MR) is 83.5 cm³/mol. The molecular weight excluding hydrogens is 252 g/mol. The highest BCUT2D eigenvalue weighted by atomic mass is 16.5. The summed E-state index contributed by atoms with van der Waals surface area (Å²) >= 11 is 0. The lowest BCUT2D eigenvalue weighted by molar-refractivity contribution is 0.157. The summed E-state index contributed by atoms with van der Waals surface area (Å²) in [6.45, 7) is 8.23. The molecule has 0 aliphatic carbocycles. The Labute approximate surface area is 122 Å². The van der Waals surface area contributed by atoms with Gasteiger partial charge in [0.2, 0.25) is 0 Å². The second-order valence-electron chi connectivity index (χ2n) is 5.20. The average molecular weight is 280 g/mol. The molecule has 4 heteroatoms. The van der Waals surface area contributed by atoms with E-state index in [2.05, 4.69) is 31.7 Å². The Bertz CT molecular complexity index is 407. The van der Waals surface area contributed by atoms with Crippen LogP contribution in [-0.2, 0) is 0 Å². The monoisotopic (exact) mass is 280 g/mol. The van der Waals surface area contributed by atoms with Gasteiger partial charge in [-0.05, 0) is 44.5 Å². The van der Waals surface area contributed by atoms with Crippen molar-refractivity contribution >= 4 is 0 Å². The van der Waals surface area contributed by atoms with Gasteiger partial charge in [-0.3, -0.25) is 4.90 Å². The van der Waals surface area contributed by atoms with Crippen LogP contribution in [0.4, 0.5) is 0 Å². The number of benzene rings is 1. The molecule has 0 spiro atoms. The highest BCUT2D eigenvalue weighted by molar-refractivity contribution is 5.43. The number of nitrogens with zero attached hydrogens (tertiary/aromatic N) is 1. The van der Waals surface area contributed by atoms with Crippen molar-refractivity contribution in [3.05, 3.63) is 23.8 Å². The van der Waals surface area contributed by atoms with Gasteiger partial charge in [-0.2, -0.15) is 0 Å². The Kier molecular flexibility index (Phi) is 6.82. The van der Waals surface area contributed by atoms with Crippen molar-refractivity contribution in [1.82, 2.24) is 4.90 Å². The van der Waals surface area contributed by atoms with Gasteiger partial charge in [-0.25, -0.2) is 0 Å². The van der Waals surface area contributed by atoms with Crippen LogP contribution in [0.1, 0.15) is 38.8 Å². The summed E-state index contributed by atoms with van der Waals surface area (Å²) in [5.41, 5.74) is 7.20. The molecule has 0 saturated heterocycles. The van der Waals surface area contributed by atoms with Crippen molar-refractivity contribution in [3.8, 4) is 11.5 Å². The maximum atomic E-state index is 6.02. The summed E-state index contributed by atoms with van der Waals surface area (Å²) in [6, 6.07) is 6.71. The van der Waals surface area contributed by atoms with Crippen LogP contribution in [0.3, 0.4) is 0 Å². The lowest BCUT2D eigenvalue weighted by atomic mass is 10.0. The molecule has 0 bridgehead atoms. The molecule has 1 atom stereocenters. The molecule has 0 radical (unpaired) electrons. The van der Waals surface area contributed by atoms with E-state index < -0.39 is 0 Å². The normalized spacial score (nSPS) is 12.8. The van der Waals surface area contributed by atoms with Crippen LogP contribution in [0.2, 0.25) is 0 Å². The van der Waals surface area contributed by atoms with Crippen molar-refractivity contribution in [2.45, 2.75) is 39.3 Å². The van der Waals surface area contributed by atoms with Gasteiger partial charge in [0.25, 0.3) is 0 Å². The van der Waals surface area contributed by atoms with Crippen LogP contribution < -0.4 is 15.2 Å². The molecule has 4 nitrogen and oxygen atoms in total. The molecule has 20 heavy (non-hydrogen) atoms. The molecule has 0 heterocycles. The molecule has 114 valence electrons. The highest BCUT2D eigenvalue weighted by Gasteiger charge is 2.22. The van der Waals surface area contributed by atoms with Gasteiger partial charge in [0, 0.05) is 18.6 Å². The van der Waals surface area contributed by atoms with Crippen LogP contribution >= 0.6 is 0 Å². The third-order valence-corrected chi connectivity index (χ3v) is 3.56. The zero-order valence-electron chi connectivity index (χ0n) is 13.3. The smallest absolute Gasteiger partial charge is 0.161 e. The van der Waals surface area contributed by atoms with Crippen LogP contribution in [-0.4, -0.2) is 38.3 Å². The number of hydrogen-bond acceptors (Lipinski definition) is 4. The fraction of sp³-hybridized carbons (Fsp3) is 0.625. The van der Waals surface area contributed by atoms with Crippen LogP contribution in [0.25, 0.3) is 0 Å². The first-order valence-electron chi connectivity index (χ1n) is 7.26. The van der Waals surface area contributed by atoms with Gasteiger partial charge in [0.05, 0.1) is 14.2 Å². The van der Waals surface area contributed by atoms with Crippen LogP contribution in [0.5, 0.6) is 11.5 Å². The molecule has 0 fully saturated rings. The molecule has 0 aliphatic heterocycles. The predicted octanol–water partition coefficient (Wildman–Crippen LogP) is 2.82. The molecule has 0 aromatic heterocycles. The second kappa shape index (κ2) is 8.12. The molecule has 0 amide bonds. The van der Waals surface area contributed by atoms with Gasteiger partial charge in [-0.1, -0.05) is 13.0 Å². The summed E-state index contributed by atoms with van der Waals surface area (Å²) in [5.74, 6) is 1.50. The molecule has 0 saturated carbocycles. The topological polar surface area (TPSA) is 47.7 Å².